The highest BCUT2D eigenvalue weighted by atomic mass is 32.1. The summed E-state index contributed by atoms with van der Waals surface area (Å²) in [5, 5.41) is 8.12. The lowest BCUT2D eigenvalue weighted by molar-refractivity contribution is 0.102. The van der Waals surface area contributed by atoms with E-state index in [1.165, 1.54) is 0 Å². The van der Waals surface area contributed by atoms with Crippen molar-refractivity contribution >= 4 is 34.2 Å². The normalized spacial score (nSPS) is 10.8. The van der Waals surface area contributed by atoms with Gasteiger partial charge in [0, 0.05) is 23.6 Å². The van der Waals surface area contributed by atoms with Crippen molar-refractivity contribution in [3.8, 4) is 0 Å². The second kappa shape index (κ2) is 6.21. The van der Waals surface area contributed by atoms with E-state index in [2.05, 4.69) is 19.9 Å². The maximum atomic E-state index is 12.0. The summed E-state index contributed by atoms with van der Waals surface area (Å²) in [5.41, 5.74) is 3.45. The molecule has 0 unspecified atom stereocenters. The Balaban J connectivity index is 1.56. The highest BCUT2D eigenvalue weighted by molar-refractivity contribution is 7.03. The van der Waals surface area contributed by atoms with E-state index in [4.69, 9.17) is 4.42 Å². The average molecular weight is 336 g/mol. The van der Waals surface area contributed by atoms with Crippen LogP contribution in [0.25, 0.3) is 11.1 Å². The van der Waals surface area contributed by atoms with Crippen LogP contribution >= 0.6 is 11.5 Å². The smallest absolute Gasteiger partial charge is 0.277 e. The van der Waals surface area contributed by atoms with Gasteiger partial charge < -0.3 is 9.73 Å². The number of aromatic nitrogens is 3. The molecule has 4 aromatic rings. The number of benzene rings is 2. The van der Waals surface area contributed by atoms with Gasteiger partial charge in [-0.2, -0.15) is 0 Å². The number of nitrogens with zero attached hydrogens (tertiary/aromatic N) is 3. The minimum absolute atomic E-state index is 0.294. The van der Waals surface area contributed by atoms with Crippen LogP contribution in [-0.4, -0.2) is 20.5 Å². The van der Waals surface area contributed by atoms with Crippen LogP contribution in [0.5, 0.6) is 0 Å². The molecule has 0 spiro atoms. The van der Waals surface area contributed by atoms with E-state index in [0.717, 1.165) is 22.6 Å². The van der Waals surface area contributed by atoms with E-state index >= 15 is 0 Å². The maximum absolute atomic E-state index is 12.0. The number of rotatable bonds is 4. The van der Waals surface area contributed by atoms with Crippen LogP contribution in [-0.2, 0) is 6.42 Å². The third kappa shape index (κ3) is 3.02. The number of hydrogen-bond acceptors (Lipinski definition) is 6. The molecule has 1 N–H and O–H groups in total. The monoisotopic (exact) mass is 336 g/mol. The van der Waals surface area contributed by atoms with Gasteiger partial charge in [0.15, 0.2) is 17.2 Å². The van der Waals surface area contributed by atoms with E-state index in [1.54, 1.807) is 17.5 Å². The molecule has 2 heterocycles. The third-order valence-electron chi connectivity index (χ3n) is 3.48. The van der Waals surface area contributed by atoms with Crippen molar-refractivity contribution in [2.75, 3.05) is 5.32 Å². The Labute approximate surface area is 141 Å². The SMILES string of the molecule is O=C(Nc1ccc2nc(Cc3ccccc3)oc2c1)c1csnn1. The number of fused-ring (bicyclic) bond motifs is 1. The molecule has 0 fully saturated rings. The molecule has 0 bridgehead atoms. The van der Waals surface area contributed by atoms with Crippen molar-refractivity contribution in [3.05, 3.63) is 71.1 Å². The van der Waals surface area contributed by atoms with Crippen LogP contribution in [0.2, 0.25) is 0 Å². The van der Waals surface area contributed by atoms with Gasteiger partial charge in [0.25, 0.3) is 5.91 Å². The van der Waals surface area contributed by atoms with Crippen LogP contribution in [0.3, 0.4) is 0 Å². The molecule has 1 amide bonds. The number of amides is 1. The molecule has 0 aliphatic rings. The first-order valence-corrected chi connectivity index (χ1v) is 8.13. The van der Waals surface area contributed by atoms with Gasteiger partial charge in [-0.15, -0.1) is 5.10 Å². The van der Waals surface area contributed by atoms with E-state index in [9.17, 15) is 4.79 Å². The fraction of sp³-hybridized carbons (Fsp3) is 0.0588. The summed E-state index contributed by atoms with van der Waals surface area (Å²) in [6, 6.07) is 15.4. The Morgan fingerprint density at radius 3 is 2.83 bits per heavy atom. The molecule has 0 aliphatic carbocycles. The molecule has 2 aromatic carbocycles. The van der Waals surface area contributed by atoms with Gasteiger partial charge in [-0.05, 0) is 29.2 Å². The Kier molecular flexibility index (Phi) is 3.76. The molecule has 4 rings (SSSR count). The summed E-state index contributed by atoms with van der Waals surface area (Å²) in [6.45, 7) is 0. The average Bonchev–Trinajstić information content (AvgIpc) is 3.24. The Bertz CT molecular complexity index is 980. The molecular formula is C17H12N4O2S. The van der Waals surface area contributed by atoms with Crippen molar-refractivity contribution in [1.29, 1.82) is 0 Å². The lowest BCUT2D eigenvalue weighted by atomic mass is 10.1. The topological polar surface area (TPSA) is 80.9 Å². The number of nitrogens with one attached hydrogen (secondary N) is 1. The van der Waals surface area contributed by atoms with E-state index in [0.29, 0.717) is 29.3 Å². The largest absolute Gasteiger partial charge is 0.440 e. The first-order chi connectivity index (χ1) is 11.8. The summed E-state index contributed by atoms with van der Waals surface area (Å²) in [4.78, 5) is 16.5. The molecule has 6 nitrogen and oxygen atoms in total. The van der Waals surface area contributed by atoms with Crippen LogP contribution in [0.4, 0.5) is 5.69 Å². The molecule has 118 valence electrons. The minimum atomic E-state index is -0.299. The van der Waals surface area contributed by atoms with Crippen molar-refractivity contribution in [2.24, 2.45) is 0 Å². The Morgan fingerprint density at radius 2 is 2.04 bits per heavy atom. The number of hydrogen-bond donors (Lipinski definition) is 1. The van der Waals surface area contributed by atoms with Gasteiger partial charge in [0.05, 0.1) is 0 Å². The molecule has 0 atom stereocenters. The number of carbonyl (C=O) groups excluding carboxylic acids is 1. The van der Waals surface area contributed by atoms with Gasteiger partial charge in [0.1, 0.15) is 5.52 Å². The second-order valence-corrected chi connectivity index (χ2v) is 5.81. The van der Waals surface area contributed by atoms with Crippen molar-refractivity contribution < 1.29 is 9.21 Å². The second-order valence-electron chi connectivity index (χ2n) is 5.20. The third-order valence-corrected chi connectivity index (χ3v) is 3.99. The molecule has 7 heteroatoms. The minimum Gasteiger partial charge on any atom is -0.440 e. The molecule has 2 aromatic heterocycles. The summed E-state index contributed by atoms with van der Waals surface area (Å²) in [5.74, 6) is 0.343. The van der Waals surface area contributed by atoms with Gasteiger partial charge >= 0.3 is 0 Å². The quantitative estimate of drug-likeness (QED) is 0.616. The maximum Gasteiger partial charge on any atom is 0.277 e. The number of anilines is 1. The fourth-order valence-corrected chi connectivity index (χ4v) is 2.79. The summed E-state index contributed by atoms with van der Waals surface area (Å²) >= 11 is 1.13. The molecular weight excluding hydrogens is 324 g/mol. The van der Waals surface area contributed by atoms with Crippen LogP contribution in [0.1, 0.15) is 21.9 Å². The van der Waals surface area contributed by atoms with Crippen LogP contribution in [0, 0.1) is 0 Å². The zero-order valence-electron chi connectivity index (χ0n) is 12.5. The van der Waals surface area contributed by atoms with Crippen molar-refractivity contribution in [1.82, 2.24) is 14.6 Å². The lowest BCUT2D eigenvalue weighted by Crippen LogP contribution is -2.12. The van der Waals surface area contributed by atoms with Gasteiger partial charge in [-0.3, -0.25) is 4.79 Å². The first kappa shape index (κ1) is 14.5. The van der Waals surface area contributed by atoms with Crippen LogP contribution < -0.4 is 5.32 Å². The summed E-state index contributed by atoms with van der Waals surface area (Å²) < 4.78 is 9.48. The molecule has 24 heavy (non-hydrogen) atoms. The van der Waals surface area contributed by atoms with Gasteiger partial charge in [-0.1, -0.05) is 34.8 Å². The number of oxazole rings is 1. The van der Waals surface area contributed by atoms with Crippen LogP contribution in [0.15, 0.2) is 58.3 Å². The summed E-state index contributed by atoms with van der Waals surface area (Å²) in [6.07, 6.45) is 0.627. The lowest BCUT2D eigenvalue weighted by Gasteiger charge is -2.01. The zero-order chi connectivity index (χ0) is 16.4. The highest BCUT2D eigenvalue weighted by Crippen LogP contribution is 2.22. The van der Waals surface area contributed by atoms with E-state index in [-0.39, 0.29) is 5.91 Å². The van der Waals surface area contributed by atoms with E-state index < -0.39 is 0 Å². The predicted octanol–water partition coefficient (Wildman–Crippen LogP) is 3.52. The molecule has 0 aliphatic heterocycles. The Hall–Kier alpha value is -3.06. The molecule has 0 radical (unpaired) electrons. The number of carbonyl (C=O) groups is 1. The molecule has 0 saturated heterocycles. The highest BCUT2D eigenvalue weighted by Gasteiger charge is 2.11. The summed E-state index contributed by atoms with van der Waals surface area (Å²) in [7, 11) is 0. The fourth-order valence-electron chi connectivity index (χ4n) is 2.35. The zero-order valence-corrected chi connectivity index (χ0v) is 13.3. The van der Waals surface area contributed by atoms with Crippen molar-refractivity contribution in [3.63, 3.8) is 0 Å². The Morgan fingerprint density at radius 1 is 1.17 bits per heavy atom. The van der Waals surface area contributed by atoms with Gasteiger partial charge in [0.2, 0.25) is 0 Å². The van der Waals surface area contributed by atoms with Gasteiger partial charge in [-0.25, -0.2) is 4.98 Å². The molecule has 0 saturated carbocycles. The van der Waals surface area contributed by atoms with E-state index in [1.807, 2.05) is 36.4 Å². The first-order valence-electron chi connectivity index (χ1n) is 7.30. The predicted molar refractivity (Wildman–Crippen MR) is 91.1 cm³/mol. The van der Waals surface area contributed by atoms with Crippen molar-refractivity contribution in [2.45, 2.75) is 6.42 Å². The standard InChI is InChI=1S/C17H12N4O2S/c22-17(14-10-24-21-20-14)18-12-6-7-13-15(9-12)23-16(19-13)8-11-4-2-1-3-5-11/h1-7,9-10H,8H2,(H,18,22).